The number of carbonyl (C=O) groups excluding carboxylic acids is 1. The highest BCUT2D eigenvalue weighted by molar-refractivity contribution is 7.81. The van der Waals surface area contributed by atoms with Gasteiger partial charge in [0.1, 0.15) is 0 Å². The first-order chi connectivity index (χ1) is 8.19. The number of thiophene rings is 1. The fourth-order valence-corrected chi connectivity index (χ4v) is 3.24. The molecular formula is C11H15ClN2OS2. The lowest BCUT2D eigenvalue weighted by Crippen LogP contribution is -2.48. The molecule has 2 rings (SSSR count). The van der Waals surface area contributed by atoms with E-state index in [2.05, 4.69) is 23.6 Å². The van der Waals surface area contributed by atoms with Crippen LogP contribution in [0.5, 0.6) is 0 Å². The van der Waals surface area contributed by atoms with Crippen molar-refractivity contribution in [3.05, 3.63) is 21.3 Å². The molecule has 6 heteroatoms. The van der Waals surface area contributed by atoms with Crippen LogP contribution in [-0.4, -0.2) is 47.6 Å². The van der Waals surface area contributed by atoms with Crippen LogP contribution in [0.15, 0.2) is 12.1 Å². The molecule has 1 aromatic rings. The number of halogens is 1. The molecule has 1 fully saturated rings. The fraction of sp³-hybridized carbons (Fsp3) is 0.545. The smallest absolute Gasteiger partial charge is 0.232 e. The second kappa shape index (κ2) is 6.09. The average Bonchev–Trinajstić information content (AvgIpc) is 2.75. The van der Waals surface area contributed by atoms with Gasteiger partial charge in [-0.3, -0.25) is 9.69 Å². The molecule has 1 aliphatic heterocycles. The summed E-state index contributed by atoms with van der Waals surface area (Å²) in [4.78, 5) is 17.0. The first kappa shape index (κ1) is 13.2. The molecule has 0 bridgehead atoms. The molecule has 3 nitrogen and oxygen atoms in total. The van der Waals surface area contributed by atoms with Crippen molar-refractivity contribution in [2.24, 2.45) is 0 Å². The topological polar surface area (TPSA) is 23.6 Å². The van der Waals surface area contributed by atoms with E-state index < -0.39 is 0 Å². The zero-order valence-electron chi connectivity index (χ0n) is 9.43. The second-order valence-corrected chi connectivity index (χ2v) is 6.14. The van der Waals surface area contributed by atoms with Crippen LogP contribution in [0.3, 0.4) is 0 Å². The standard InChI is InChI=1S/C11H15ClN2OS2/c12-10-2-1-9(17-10)7-13-3-5-14(6-4-13)11(15)8-16/h1-2,16H,3-8H2. The lowest BCUT2D eigenvalue weighted by atomic mass is 10.3. The molecule has 1 aromatic heterocycles. The summed E-state index contributed by atoms with van der Waals surface area (Å²) >= 11 is 11.5. The molecule has 1 saturated heterocycles. The Bertz CT molecular complexity index is 389. The summed E-state index contributed by atoms with van der Waals surface area (Å²) in [6, 6.07) is 4.00. The zero-order valence-corrected chi connectivity index (χ0v) is 11.9. The molecular weight excluding hydrogens is 276 g/mol. The minimum absolute atomic E-state index is 0.132. The van der Waals surface area contributed by atoms with Crippen LogP contribution in [0.25, 0.3) is 0 Å². The van der Waals surface area contributed by atoms with Crippen LogP contribution in [0, 0.1) is 0 Å². The summed E-state index contributed by atoms with van der Waals surface area (Å²) in [6.45, 7) is 4.39. The molecule has 0 saturated carbocycles. The molecule has 2 heterocycles. The summed E-state index contributed by atoms with van der Waals surface area (Å²) in [5.41, 5.74) is 0. The van der Waals surface area contributed by atoms with E-state index in [4.69, 9.17) is 11.6 Å². The largest absolute Gasteiger partial charge is 0.339 e. The molecule has 0 aliphatic carbocycles. The van der Waals surface area contributed by atoms with E-state index in [-0.39, 0.29) is 5.91 Å². The minimum Gasteiger partial charge on any atom is -0.339 e. The van der Waals surface area contributed by atoms with Crippen molar-refractivity contribution in [3.63, 3.8) is 0 Å². The highest BCUT2D eigenvalue weighted by Gasteiger charge is 2.20. The third kappa shape index (κ3) is 3.61. The van der Waals surface area contributed by atoms with E-state index in [0.29, 0.717) is 5.75 Å². The normalized spacial score (nSPS) is 17.4. The number of piperazine rings is 1. The number of rotatable bonds is 3. The molecule has 1 amide bonds. The average molecular weight is 291 g/mol. The highest BCUT2D eigenvalue weighted by Crippen LogP contribution is 2.23. The van der Waals surface area contributed by atoms with Crippen LogP contribution < -0.4 is 0 Å². The Kier molecular flexibility index (Phi) is 4.73. The summed E-state index contributed by atoms with van der Waals surface area (Å²) in [6.07, 6.45) is 0. The van der Waals surface area contributed by atoms with Gasteiger partial charge in [0.05, 0.1) is 10.1 Å². The van der Waals surface area contributed by atoms with Crippen molar-refractivity contribution in [2.75, 3.05) is 31.9 Å². The zero-order chi connectivity index (χ0) is 12.3. The van der Waals surface area contributed by atoms with Gasteiger partial charge in [-0.1, -0.05) is 11.6 Å². The van der Waals surface area contributed by atoms with Gasteiger partial charge in [-0.25, -0.2) is 0 Å². The van der Waals surface area contributed by atoms with E-state index in [1.807, 2.05) is 11.0 Å². The molecule has 1 aliphatic rings. The minimum atomic E-state index is 0.132. The molecule has 0 aromatic carbocycles. The first-order valence-corrected chi connectivity index (χ1v) is 7.37. The Labute approximate surface area is 116 Å². The Balaban J connectivity index is 1.81. The molecule has 0 unspecified atom stereocenters. The highest BCUT2D eigenvalue weighted by atomic mass is 35.5. The van der Waals surface area contributed by atoms with E-state index in [0.717, 1.165) is 37.1 Å². The number of nitrogens with zero attached hydrogens (tertiary/aromatic N) is 2. The van der Waals surface area contributed by atoms with E-state index in [1.165, 1.54) is 4.88 Å². The molecule has 0 spiro atoms. The molecule has 0 atom stereocenters. The summed E-state index contributed by atoms with van der Waals surface area (Å²) in [5.74, 6) is 0.438. The number of hydrogen-bond acceptors (Lipinski definition) is 4. The number of carbonyl (C=O) groups is 1. The second-order valence-electron chi connectivity index (χ2n) is 4.02. The molecule has 17 heavy (non-hydrogen) atoms. The molecule has 0 N–H and O–H groups in total. The van der Waals surface area contributed by atoms with Gasteiger partial charge < -0.3 is 4.90 Å². The molecule has 94 valence electrons. The number of amides is 1. The predicted octanol–water partition coefficient (Wildman–Crippen LogP) is 1.98. The summed E-state index contributed by atoms with van der Waals surface area (Å²) in [7, 11) is 0. The lowest BCUT2D eigenvalue weighted by Gasteiger charge is -2.34. The summed E-state index contributed by atoms with van der Waals surface area (Å²) in [5, 5.41) is 0. The Morgan fingerprint density at radius 2 is 2.06 bits per heavy atom. The van der Waals surface area contributed by atoms with Gasteiger partial charge in [0.2, 0.25) is 5.91 Å². The van der Waals surface area contributed by atoms with Crippen molar-refractivity contribution >= 4 is 41.5 Å². The third-order valence-electron chi connectivity index (χ3n) is 2.87. The van der Waals surface area contributed by atoms with Gasteiger partial charge in [-0.2, -0.15) is 12.6 Å². The van der Waals surface area contributed by atoms with Gasteiger partial charge in [-0.15, -0.1) is 11.3 Å². The number of thiol groups is 1. The van der Waals surface area contributed by atoms with Crippen LogP contribution >= 0.6 is 35.6 Å². The third-order valence-corrected chi connectivity index (χ3v) is 4.35. The Hall–Kier alpha value is -0.230. The van der Waals surface area contributed by atoms with Crippen molar-refractivity contribution in [1.82, 2.24) is 9.80 Å². The predicted molar refractivity (Wildman–Crippen MR) is 75.0 cm³/mol. The van der Waals surface area contributed by atoms with E-state index in [9.17, 15) is 4.79 Å². The van der Waals surface area contributed by atoms with Gasteiger partial charge in [0.15, 0.2) is 0 Å². The van der Waals surface area contributed by atoms with Crippen LogP contribution in [0.1, 0.15) is 4.88 Å². The first-order valence-electron chi connectivity index (χ1n) is 5.54. The van der Waals surface area contributed by atoms with Crippen LogP contribution in [0.2, 0.25) is 4.34 Å². The van der Waals surface area contributed by atoms with Gasteiger partial charge in [0, 0.05) is 37.6 Å². The van der Waals surface area contributed by atoms with Gasteiger partial charge in [0.25, 0.3) is 0 Å². The SMILES string of the molecule is O=C(CS)N1CCN(Cc2ccc(Cl)s2)CC1. The maximum atomic E-state index is 11.5. The van der Waals surface area contributed by atoms with Crippen molar-refractivity contribution in [1.29, 1.82) is 0 Å². The summed E-state index contributed by atoms with van der Waals surface area (Å²) < 4.78 is 0.837. The van der Waals surface area contributed by atoms with Crippen molar-refractivity contribution < 1.29 is 4.79 Å². The maximum Gasteiger partial charge on any atom is 0.232 e. The van der Waals surface area contributed by atoms with Gasteiger partial charge >= 0.3 is 0 Å². The van der Waals surface area contributed by atoms with Crippen molar-refractivity contribution in [3.8, 4) is 0 Å². The van der Waals surface area contributed by atoms with Crippen molar-refractivity contribution in [2.45, 2.75) is 6.54 Å². The van der Waals surface area contributed by atoms with Crippen LogP contribution in [0.4, 0.5) is 0 Å². The monoisotopic (exact) mass is 290 g/mol. The quantitative estimate of drug-likeness (QED) is 0.861. The van der Waals surface area contributed by atoms with Gasteiger partial charge in [-0.05, 0) is 12.1 Å². The Morgan fingerprint density at radius 3 is 2.59 bits per heavy atom. The van der Waals surface area contributed by atoms with Crippen LogP contribution in [-0.2, 0) is 11.3 Å². The number of hydrogen-bond donors (Lipinski definition) is 1. The maximum absolute atomic E-state index is 11.5. The molecule has 0 radical (unpaired) electrons. The fourth-order valence-electron chi connectivity index (χ4n) is 1.91. The van der Waals surface area contributed by atoms with E-state index in [1.54, 1.807) is 11.3 Å². The lowest BCUT2D eigenvalue weighted by molar-refractivity contribution is -0.130. The Morgan fingerprint density at radius 1 is 1.35 bits per heavy atom. The van der Waals surface area contributed by atoms with E-state index >= 15 is 0 Å².